The smallest absolute Gasteiger partial charge is 0.325 e. The Morgan fingerprint density at radius 1 is 1.23 bits per heavy atom. The van der Waals surface area contributed by atoms with Crippen LogP contribution in [0, 0.1) is 0 Å². The van der Waals surface area contributed by atoms with Gasteiger partial charge in [0.05, 0.1) is 0 Å². The van der Waals surface area contributed by atoms with E-state index in [2.05, 4.69) is 5.32 Å². The molecule has 4 amide bonds. The third-order valence-corrected chi connectivity index (χ3v) is 5.79. The highest BCUT2D eigenvalue weighted by Gasteiger charge is 2.50. The SMILES string of the molecule is C[C@H]1CCC[C@H](C)N1C(=O)CN1C(=O)N[C@](C)(c2ccccc2Cl)C1=O. The molecule has 0 spiro atoms. The lowest BCUT2D eigenvalue weighted by atomic mass is 9.92. The number of likely N-dealkylation sites (tertiary alicyclic amines) is 1. The minimum atomic E-state index is -1.27. The molecule has 1 aromatic carbocycles. The normalized spacial score (nSPS) is 29.1. The predicted molar refractivity (Wildman–Crippen MR) is 98.7 cm³/mol. The van der Waals surface area contributed by atoms with Crippen LogP contribution in [-0.4, -0.2) is 46.3 Å². The van der Waals surface area contributed by atoms with Gasteiger partial charge in [-0.15, -0.1) is 0 Å². The Hall–Kier alpha value is -2.08. The Bertz CT molecular complexity index is 743. The van der Waals surface area contributed by atoms with Gasteiger partial charge in [-0.3, -0.25) is 14.5 Å². The first-order valence-electron chi connectivity index (χ1n) is 8.96. The highest BCUT2D eigenvalue weighted by molar-refractivity contribution is 6.32. The number of benzene rings is 1. The van der Waals surface area contributed by atoms with Gasteiger partial charge in [-0.05, 0) is 46.1 Å². The molecule has 0 radical (unpaired) electrons. The predicted octanol–water partition coefficient (Wildman–Crippen LogP) is 2.90. The Kier molecular flexibility index (Phi) is 4.97. The topological polar surface area (TPSA) is 69.7 Å². The van der Waals surface area contributed by atoms with Crippen molar-refractivity contribution in [3.05, 3.63) is 34.9 Å². The lowest BCUT2D eigenvalue weighted by Gasteiger charge is -2.39. The van der Waals surface area contributed by atoms with E-state index in [1.807, 2.05) is 13.8 Å². The lowest BCUT2D eigenvalue weighted by Crippen LogP contribution is -2.52. The molecule has 140 valence electrons. The molecule has 0 aliphatic carbocycles. The van der Waals surface area contributed by atoms with E-state index in [0.29, 0.717) is 10.6 Å². The van der Waals surface area contributed by atoms with Gasteiger partial charge < -0.3 is 10.2 Å². The van der Waals surface area contributed by atoms with E-state index in [1.54, 1.807) is 36.1 Å². The second-order valence-electron chi connectivity index (χ2n) is 7.36. The number of carbonyl (C=O) groups excluding carboxylic acids is 3. The summed E-state index contributed by atoms with van der Waals surface area (Å²) < 4.78 is 0. The fraction of sp³-hybridized carbons (Fsp3) is 0.526. The summed E-state index contributed by atoms with van der Waals surface area (Å²) in [6.07, 6.45) is 2.96. The molecule has 0 unspecified atom stereocenters. The Morgan fingerprint density at radius 2 is 1.85 bits per heavy atom. The number of nitrogens with one attached hydrogen (secondary N) is 1. The van der Waals surface area contributed by atoms with Crippen LogP contribution in [0.5, 0.6) is 0 Å². The largest absolute Gasteiger partial charge is 0.336 e. The summed E-state index contributed by atoms with van der Waals surface area (Å²) in [5.74, 6) is -0.655. The number of piperidine rings is 1. The molecule has 2 fully saturated rings. The molecule has 2 aliphatic rings. The maximum atomic E-state index is 13.0. The van der Waals surface area contributed by atoms with Crippen LogP contribution in [0.3, 0.4) is 0 Å². The molecule has 3 rings (SSSR count). The average molecular weight is 378 g/mol. The van der Waals surface area contributed by atoms with Crippen molar-refractivity contribution in [3.63, 3.8) is 0 Å². The van der Waals surface area contributed by atoms with Crippen LogP contribution >= 0.6 is 11.6 Å². The van der Waals surface area contributed by atoms with Crippen LogP contribution in [-0.2, 0) is 15.1 Å². The van der Waals surface area contributed by atoms with Crippen molar-refractivity contribution < 1.29 is 14.4 Å². The summed E-state index contributed by atoms with van der Waals surface area (Å²) >= 11 is 6.22. The van der Waals surface area contributed by atoms with Gasteiger partial charge in [0.25, 0.3) is 5.91 Å². The highest BCUT2D eigenvalue weighted by atomic mass is 35.5. The second-order valence-corrected chi connectivity index (χ2v) is 7.76. The number of nitrogens with zero attached hydrogens (tertiary/aromatic N) is 2. The molecule has 1 N–H and O–H groups in total. The van der Waals surface area contributed by atoms with Gasteiger partial charge in [-0.1, -0.05) is 29.8 Å². The van der Waals surface area contributed by atoms with Crippen LogP contribution in [0.4, 0.5) is 4.79 Å². The Morgan fingerprint density at radius 3 is 2.46 bits per heavy atom. The first kappa shape index (κ1) is 18.7. The number of amides is 4. The molecule has 3 atom stereocenters. The highest BCUT2D eigenvalue weighted by Crippen LogP contribution is 2.33. The van der Waals surface area contributed by atoms with Crippen molar-refractivity contribution in [3.8, 4) is 0 Å². The molecule has 2 saturated heterocycles. The van der Waals surface area contributed by atoms with E-state index >= 15 is 0 Å². The molecule has 2 aliphatic heterocycles. The lowest BCUT2D eigenvalue weighted by molar-refractivity contribution is -0.142. The fourth-order valence-corrected chi connectivity index (χ4v) is 4.34. The average Bonchev–Trinajstić information content (AvgIpc) is 2.79. The molecule has 6 nitrogen and oxygen atoms in total. The number of imide groups is 1. The van der Waals surface area contributed by atoms with Crippen molar-refractivity contribution in [1.82, 2.24) is 15.1 Å². The monoisotopic (exact) mass is 377 g/mol. The second kappa shape index (κ2) is 6.91. The van der Waals surface area contributed by atoms with Gasteiger partial charge in [0.15, 0.2) is 0 Å². The zero-order valence-electron chi connectivity index (χ0n) is 15.3. The van der Waals surface area contributed by atoms with Crippen LogP contribution in [0.2, 0.25) is 5.02 Å². The number of carbonyl (C=O) groups is 3. The van der Waals surface area contributed by atoms with E-state index in [-0.39, 0.29) is 24.5 Å². The third-order valence-electron chi connectivity index (χ3n) is 5.46. The maximum absolute atomic E-state index is 13.0. The molecule has 1 aromatic rings. The van der Waals surface area contributed by atoms with E-state index in [0.717, 1.165) is 24.2 Å². The van der Waals surface area contributed by atoms with Crippen LogP contribution in [0.15, 0.2) is 24.3 Å². The summed E-state index contributed by atoms with van der Waals surface area (Å²) in [6, 6.07) is 6.56. The molecular weight excluding hydrogens is 354 g/mol. The van der Waals surface area contributed by atoms with Crippen molar-refractivity contribution in [2.45, 2.75) is 57.7 Å². The van der Waals surface area contributed by atoms with Gasteiger partial charge in [0.1, 0.15) is 12.1 Å². The van der Waals surface area contributed by atoms with Crippen molar-refractivity contribution >= 4 is 29.4 Å². The molecule has 2 heterocycles. The summed E-state index contributed by atoms with van der Waals surface area (Å²) in [5.41, 5.74) is -0.746. The molecule has 0 bridgehead atoms. The van der Waals surface area contributed by atoms with E-state index < -0.39 is 17.5 Å². The number of rotatable bonds is 3. The Balaban J connectivity index is 1.81. The standard InChI is InChI=1S/C19H24ClN3O3/c1-12-7-6-8-13(2)23(12)16(24)11-22-17(25)19(3,21-18(22)26)14-9-4-5-10-15(14)20/h4-5,9-10,12-13H,6-8,11H2,1-3H3,(H,21,26)/t12-,13-,19+/m0/s1. The fourth-order valence-electron chi connectivity index (χ4n) is 4.02. The summed E-state index contributed by atoms with van der Waals surface area (Å²) in [6.45, 7) is 5.38. The first-order chi connectivity index (χ1) is 12.3. The first-order valence-corrected chi connectivity index (χ1v) is 9.33. The third kappa shape index (κ3) is 3.07. The summed E-state index contributed by atoms with van der Waals surface area (Å²) in [5, 5.41) is 3.10. The van der Waals surface area contributed by atoms with Gasteiger partial charge in [0.2, 0.25) is 5.91 Å². The molecular formula is C19H24ClN3O3. The van der Waals surface area contributed by atoms with Crippen LogP contribution < -0.4 is 5.32 Å². The molecule has 26 heavy (non-hydrogen) atoms. The van der Waals surface area contributed by atoms with Crippen molar-refractivity contribution in [2.75, 3.05) is 6.54 Å². The Labute approximate surface area is 158 Å². The number of halogens is 1. The van der Waals surface area contributed by atoms with Crippen molar-refractivity contribution in [2.24, 2.45) is 0 Å². The van der Waals surface area contributed by atoms with Gasteiger partial charge in [-0.2, -0.15) is 0 Å². The summed E-state index contributed by atoms with van der Waals surface area (Å²) in [4.78, 5) is 41.0. The minimum absolute atomic E-state index is 0.113. The van der Waals surface area contributed by atoms with E-state index in [4.69, 9.17) is 11.6 Å². The van der Waals surface area contributed by atoms with E-state index in [9.17, 15) is 14.4 Å². The van der Waals surface area contributed by atoms with E-state index in [1.165, 1.54) is 0 Å². The molecule has 0 saturated carbocycles. The minimum Gasteiger partial charge on any atom is -0.336 e. The zero-order valence-corrected chi connectivity index (χ0v) is 16.0. The molecule has 7 heteroatoms. The van der Waals surface area contributed by atoms with Crippen LogP contribution in [0.1, 0.15) is 45.6 Å². The quantitative estimate of drug-likeness (QED) is 0.823. The molecule has 0 aromatic heterocycles. The summed E-state index contributed by atoms with van der Waals surface area (Å²) in [7, 11) is 0. The number of urea groups is 1. The van der Waals surface area contributed by atoms with Gasteiger partial charge in [-0.25, -0.2) is 4.79 Å². The van der Waals surface area contributed by atoms with Gasteiger partial charge >= 0.3 is 6.03 Å². The van der Waals surface area contributed by atoms with Gasteiger partial charge in [0, 0.05) is 22.7 Å². The number of hydrogen-bond donors (Lipinski definition) is 1. The number of hydrogen-bond acceptors (Lipinski definition) is 3. The zero-order chi connectivity index (χ0) is 19.1. The van der Waals surface area contributed by atoms with Crippen molar-refractivity contribution in [1.29, 1.82) is 0 Å². The maximum Gasteiger partial charge on any atom is 0.325 e. The van der Waals surface area contributed by atoms with Crippen LogP contribution in [0.25, 0.3) is 0 Å².